The number of nitrogens with zero attached hydrogens (tertiary/aromatic N) is 1. The summed E-state index contributed by atoms with van der Waals surface area (Å²) in [5, 5.41) is 8.40. The molecule has 1 amide bonds. The van der Waals surface area contributed by atoms with Gasteiger partial charge in [0.1, 0.15) is 0 Å². The molecule has 3 heteroatoms. The van der Waals surface area contributed by atoms with E-state index in [0.29, 0.717) is 19.4 Å². The van der Waals surface area contributed by atoms with Crippen LogP contribution in [0.25, 0.3) is 0 Å². The summed E-state index contributed by atoms with van der Waals surface area (Å²) in [6, 6.07) is 0. The lowest BCUT2D eigenvalue weighted by atomic mass is 10.4. The summed E-state index contributed by atoms with van der Waals surface area (Å²) in [6.07, 6.45) is 0.992. The third kappa shape index (κ3) is 9.08. The number of carbonyl (C=O) groups is 1. The van der Waals surface area contributed by atoms with Crippen LogP contribution in [0.2, 0.25) is 0 Å². The van der Waals surface area contributed by atoms with Crippen molar-refractivity contribution < 1.29 is 9.90 Å². The summed E-state index contributed by atoms with van der Waals surface area (Å²) in [6.45, 7) is 6.35. The summed E-state index contributed by atoms with van der Waals surface area (Å²) < 4.78 is 0. The molecular formula is C11H21NO2. The van der Waals surface area contributed by atoms with Crippen LogP contribution in [0, 0.1) is 11.8 Å². The number of aliphatic hydroxyl groups excluding tert-OH is 1. The van der Waals surface area contributed by atoms with E-state index in [1.165, 1.54) is 0 Å². The number of hydrogen-bond donors (Lipinski definition) is 1. The molecule has 0 aromatic carbocycles. The van der Waals surface area contributed by atoms with Crippen LogP contribution < -0.4 is 0 Å². The Morgan fingerprint density at radius 1 is 1.36 bits per heavy atom. The molecule has 0 heterocycles. The van der Waals surface area contributed by atoms with Crippen molar-refractivity contribution in [2.75, 3.05) is 20.2 Å². The summed E-state index contributed by atoms with van der Waals surface area (Å²) >= 11 is 0. The normalized spacial score (nSPS) is 7.79. The van der Waals surface area contributed by atoms with Gasteiger partial charge < -0.3 is 10.0 Å². The highest BCUT2D eigenvalue weighted by Crippen LogP contribution is 1.87. The van der Waals surface area contributed by atoms with Crippen LogP contribution in [0.3, 0.4) is 0 Å². The quantitative estimate of drug-likeness (QED) is 0.695. The number of aliphatic hydroxyl groups is 1. The van der Waals surface area contributed by atoms with Gasteiger partial charge in [-0.2, -0.15) is 0 Å². The van der Waals surface area contributed by atoms with Gasteiger partial charge in [0, 0.05) is 19.9 Å². The summed E-state index contributed by atoms with van der Waals surface area (Å²) in [7, 11) is 1.72. The average molecular weight is 199 g/mol. The molecule has 0 saturated heterocycles. The zero-order chi connectivity index (χ0) is 11.4. The highest BCUT2D eigenvalue weighted by Gasteiger charge is 2.01. The SMILES string of the molecule is CC.CCC(=O)N(C)CC#CCCO. The average Bonchev–Trinajstić information content (AvgIpc) is 2.25. The van der Waals surface area contributed by atoms with E-state index in [-0.39, 0.29) is 12.5 Å². The van der Waals surface area contributed by atoms with Gasteiger partial charge in [0.15, 0.2) is 0 Å². The predicted molar refractivity (Wildman–Crippen MR) is 58.8 cm³/mol. The summed E-state index contributed by atoms with van der Waals surface area (Å²) in [5.74, 6) is 5.64. The van der Waals surface area contributed by atoms with Crippen LogP contribution in [-0.2, 0) is 4.79 Å². The summed E-state index contributed by atoms with van der Waals surface area (Å²) in [4.78, 5) is 12.6. The molecule has 0 aliphatic rings. The van der Waals surface area contributed by atoms with Crippen LogP contribution in [0.1, 0.15) is 33.6 Å². The topological polar surface area (TPSA) is 40.5 Å². The second kappa shape index (κ2) is 12.0. The second-order valence-corrected chi connectivity index (χ2v) is 2.43. The number of carbonyl (C=O) groups excluding carboxylic acids is 1. The van der Waals surface area contributed by atoms with Gasteiger partial charge in [-0.25, -0.2) is 0 Å². The Morgan fingerprint density at radius 2 is 1.93 bits per heavy atom. The van der Waals surface area contributed by atoms with E-state index in [1.807, 2.05) is 20.8 Å². The van der Waals surface area contributed by atoms with Crippen molar-refractivity contribution in [3.8, 4) is 11.8 Å². The van der Waals surface area contributed by atoms with E-state index in [9.17, 15) is 4.79 Å². The van der Waals surface area contributed by atoms with Gasteiger partial charge in [0.25, 0.3) is 0 Å². The van der Waals surface area contributed by atoms with Gasteiger partial charge in [0.05, 0.1) is 13.2 Å². The Bertz CT molecular complexity index is 191. The van der Waals surface area contributed by atoms with Gasteiger partial charge in [0.2, 0.25) is 5.91 Å². The fraction of sp³-hybridized carbons (Fsp3) is 0.727. The third-order valence-electron chi connectivity index (χ3n) is 1.41. The molecular weight excluding hydrogens is 178 g/mol. The zero-order valence-electron chi connectivity index (χ0n) is 9.63. The molecule has 0 radical (unpaired) electrons. The first-order valence-electron chi connectivity index (χ1n) is 5.03. The number of rotatable bonds is 3. The van der Waals surface area contributed by atoms with E-state index in [2.05, 4.69) is 11.8 Å². The van der Waals surface area contributed by atoms with Gasteiger partial charge in [-0.05, 0) is 0 Å². The molecule has 0 aliphatic heterocycles. The number of hydrogen-bond acceptors (Lipinski definition) is 2. The standard InChI is InChI=1S/C9H15NO2.C2H6/c1-3-9(12)10(2)7-5-4-6-8-11;1-2/h11H,3,6-8H2,1-2H3;1-2H3. The van der Waals surface area contributed by atoms with E-state index in [1.54, 1.807) is 11.9 Å². The van der Waals surface area contributed by atoms with Crippen LogP contribution in [0.4, 0.5) is 0 Å². The van der Waals surface area contributed by atoms with Crippen molar-refractivity contribution in [2.24, 2.45) is 0 Å². The lowest BCUT2D eigenvalue weighted by Crippen LogP contribution is -2.25. The molecule has 0 saturated carbocycles. The first-order valence-corrected chi connectivity index (χ1v) is 5.03. The van der Waals surface area contributed by atoms with Crippen LogP contribution >= 0.6 is 0 Å². The minimum atomic E-state index is 0.0818. The van der Waals surface area contributed by atoms with Crippen LogP contribution in [-0.4, -0.2) is 36.1 Å². The van der Waals surface area contributed by atoms with Crippen molar-refractivity contribution in [3.05, 3.63) is 0 Å². The molecule has 1 N–H and O–H groups in total. The molecule has 0 bridgehead atoms. The van der Waals surface area contributed by atoms with E-state index in [4.69, 9.17) is 5.11 Å². The van der Waals surface area contributed by atoms with Crippen molar-refractivity contribution in [3.63, 3.8) is 0 Å². The fourth-order valence-electron chi connectivity index (χ4n) is 0.677. The van der Waals surface area contributed by atoms with E-state index >= 15 is 0 Å². The lowest BCUT2D eigenvalue weighted by molar-refractivity contribution is -0.128. The van der Waals surface area contributed by atoms with E-state index < -0.39 is 0 Å². The molecule has 0 aromatic rings. The molecule has 82 valence electrons. The van der Waals surface area contributed by atoms with Crippen molar-refractivity contribution in [1.29, 1.82) is 0 Å². The van der Waals surface area contributed by atoms with Gasteiger partial charge >= 0.3 is 0 Å². The molecule has 0 unspecified atom stereocenters. The first kappa shape index (κ1) is 15.5. The Labute approximate surface area is 87.1 Å². The first-order chi connectivity index (χ1) is 6.72. The molecule has 0 atom stereocenters. The maximum absolute atomic E-state index is 11.0. The Kier molecular flexibility index (Phi) is 13.2. The maximum atomic E-state index is 11.0. The van der Waals surface area contributed by atoms with Crippen molar-refractivity contribution in [2.45, 2.75) is 33.6 Å². The molecule has 3 nitrogen and oxygen atoms in total. The van der Waals surface area contributed by atoms with Gasteiger partial charge in [-0.3, -0.25) is 4.79 Å². The molecule has 0 aromatic heterocycles. The molecule has 0 aliphatic carbocycles. The zero-order valence-corrected chi connectivity index (χ0v) is 9.63. The van der Waals surface area contributed by atoms with Gasteiger partial charge in [-0.15, -0.1) is 0 Å². The second-order valence-electron chi connectivity index (χ2n) is 2.43. The minimum absolute atomic E-state index is 0.0818. The maximum Gasteiger partial charge on any atom is 0.222 e. The molecule has 14 heavy (non-hydrogen) atoms. The van der Waals surface area contributed by atoms with Crippen LogP contribution in [0.15, 0.2) is 0 Å². The van der Waals surface area contributed by atoms with Crippen molar-refractivity contribution in [1.82, 2.24) is 4.90 Å². The van der Waals surface area contributed by atoms with E-state index in [0.717, 1.165) is 0 Å². The smallest absolute Gasteiger partial charge is 0.222 e. The molecule has 0 fully saturated rings. The van der Waals surface area contributed by atoms with Crippen molar-refractivity contribution >= 4 is 5.91 Å². The minimum Gasteiger partial charge on any atom is -0.395 e. The number of amides is 1. The largest absolute Gasteiger partial charge is 0.395 e. The molecule has 0 spiro atoms. The lowest BCUT2D eigenvalue weighted by Gasteiger charge is -2.11. The highest BCUT2D eigenvalue weighted by molar-refractivity contribution is 5.75. The third-order valence-corrected chi connectivity index (χ3v) is 1.41. The highest BCUT2D eigenvalue weighted by atomic mass is 16.2. The van der Waals surface area contributed by atoms with Gasteiger partial charge in [-0.1, -0.05) is 32.6 Å². The molecule has 0 rings (SSSR count). The Morgan fingerprint density at radius 3 is 2.36 bits per heavy atom. The van der Waals surface area contributed by atoms with Crippen LogP contribution in [0.5, 0.6) is 0 Å². The predicted octanol–water partition coefficient (Wildman–Crippen LogP) is 1.27. The monoisotopic (exact) mass is 199 g/mol. The fourth-order valence-corrected chi connectivity index (χ4v) is 0.677. The Balaban J connectivity index is 0. The summed E-state index contributed by atoms with van der Waals surface area (Å²) in [5.41, 5.74) is 0. The Hall–Kier alpha value is -1.01.